The van der Waals surface area contributed by atoms with Gasteiger partial charge in [0.2, 0.25) is 17.7 Å². The summed E-state index contributed by atoms with van der Waals surface area (Å²) in [4.78, 5) is 54.7. The molecule has 0 N–H and O–H groups in total. The lowest BCUT2D eigenvalue weighted by atomic mass is 9.82. The molecule has 0 aromatic heterocycles. The summed E-state index contributed by atoms with van der Waals surface area (Å²) < 4.78 is 5.61. The summed E-state index contributed by atoms with van der Waals surface area (Å²) >= 11 is 0. The topological polar surface area (TPSA) is 84.0 Å². The first-order valence-corrected chi connectivity index (χ1v) is 13.1. The molecule has 3 aliphatic rings. The van der Waals surface area contributed by atoms with E-state index in [1.165, 1.54) is 4.90 Å². The van der Waals surface area contributed by atoms with Gasteiger partial charge in [-0.15, -0.1) is 0 Å². The Morgan fingerprint density at radius 3 is 2.22 bits per heavy atom. The van der Waals surface area contributed by atoms with Gasteiger partial charge in [0.1, 0.15) is 5.75 Å². The molecule has 37 heavy (non-hydrogen) atoms. The van der Waals surface area contributed by atoms with Gasteiger partial charge >= 0.3 is 5.97 Å². The number of ether oxygens (including phenoxy) is 1. The highest BCUT2D eigenvalue weighted by atomic mass is 16.5. The fourth-order valence-electron chi connectivity index (χ4n) is 5.80. The number of anilines is 2. The predicted octanol–water partition coefficient (Wildman–Crippen LogP) is 4.62. The normalized spacial score (nSPS) is 23.4. The van der Waals surface area contributed by atoms with E-state index in [2.05, 4.69) is 13.8 Å². The number of amides is 3. The number of carbonyl (C=O) groups is 4. The van der Waals surface area contributed by atoms with E-state index in [-0.39, 0.29) is 42.5 Å². The minimum Gasteiger partial charge on any atom is -0.426 e. The summed E-state index contributed by atoms with van der Waals surface area (Å²) in [7, 11) is 0. The molecule has 7 nitrogen and oxygen atoms in total. The van der Waals surface area contributed by atoms with E-state index in [0.717, 1.165) is 35.2 Å². The molecule has 2 fully saturated rings. The van der Waals surface area contributed by atoms with Gasteiger partial charge in [-0.05, 0) is 68.0 Å². The minimum absolute atomic E-state index is 0.0786. The van der Waals surface area contributed by atoms with E-state index in [0.29, 0.717) is 24.3 Å². The first-order valence-electron chi connectivity index (χ1n) is 13.1. The zero-order chi connectivity index (χ0) is 26.3. The van der Waals surface area contributed by atoms with Gasteiger partial charge in [-0.1, -0.05) is 43.7 Å². The van der Waals surface area contributed by atoms with Crippen LogP contribution in [0.2, 0.25) is 0 Å². The van der Waals surface area contributed by atoms with Gasteiger partial charge in [-0.2, -0.15) is 0 Å². The van der Waals surface area contributed by atoms with E-state index in [9.17, 15) is 19.2 Å². The molecule has 2 aromatic rings. The molecule has 192 valence electrons. The molecule has 2 aliphatic heterocycles. The molecule has 5 rings (SSSR count). The highest BCUT2D eigenvalue weighted by Gasteiger charge is 2.48. The molecule has 0 spiro atoms. The SMILES string of the molecule is CCc1cccc(CC)c1N1C[C@H](C(=O)Oc2ccc(N3C(=O)[C@@H]4CC=C(C)C[C@H]4C3=O)cc2)CC1=O. The van der Waals surface area contributed by atoms with Gasteiger partial charge in [-0.3, -0.25) is 24.1 Å². The van der Waals surface area contributed by atoms with Crippen LogP contribution < -0.4 is 14.5 Å². The van der Waals surface area contributed by atoms with Gasteiger partial charge in [0.15, 0.2) is 0 Å². The Balaban J connectivity index is 1.27. The van der Waals surface area contributed by atoms with Crippen LogP contribution in [0.3, 0.4) is 0 Å². The van der Waals surface area contributed by atoms with Crippen molar-refractivity contribution in [2.24, 2.45) is 17.8 Å². The molecule has 2 heterocycles. The van der Waals surface area contributed by atoms with Crippen LogP contribution in [0.15, 0.2) is 54.1 Å². The van der Waals surface area contributed by atoms with Crippen molar-refractivity contribution in [3.8, 4) is 5.75 Å². The highest BCUT2D eigenvalue weighted by Crippen LogP contribution is 2.40. The van der Waals surface area contributed by atoms with Crippen LogP contribution in [0.25, 0.3) is 0 Å². The van der Waals surface area contributed by atoms with Crippen molar-refractivity contribution in [2.45, 2.75) is 52.9 Å². The fourth-order valence-corrected chi connectivity index (χ4v) is 5.80. The smallest absolute Gasteiger partial charge is 0.316 e. The van der Waals surface area contributed by atoms with Gasteiger partial charge in [0.25, 0.3) is 0 Å². The maximum absolute atomic E-state index is 13.0. The van der Waals surface area contributed by atoms with Crippen molar-refractivity contribution >= 4 is 35.1 Å². The number of nitrogens with zero attached hydrogens (tertiary/aromatic N) is 2. The number of hydrogen-bond acceptors (Lipinski definition) is 5. The van der Waals surface area contributed by atoms with Crippen LogP contribution in [0, 0.1) is 17.8 Å². The number of para-hydroxylation sites is 1. The number of hydrogen-bond donors (Lipinski definition) is 0. The van der Waals surface area contributed by atoms with E-state index >= 15 is 0 Å². The average Bonchev–Trinajstić information content (AvgIpc) is 3.40. The standard InChI is InChI=1S/C30H32N2O5/c1-4-19-7-6-8-20(5-2)27(19)31-17-21(16-26(31)33)30(36)37-23-12-10-22(11-13-23)32-28(34)24-14-9-18(3)15-25(24)29(32)35/h6-13,21,24-25H,4-5,14-17H2,1-3H3/t21-,24-,25-/m1/s1. The Bertz CT molecular complexity index is 1270. The fraction of sp³-hybridized carbons (Fsp3) is 0.400. The number of esters is 1. The molecule has 2 aromatic carbocycles. The van der Waals surface area contributed by atoms with Crippen LogP contribution in [0.1, 0.15) is 51.2 Å². The van der Waals surface area contributed by atoms with Crippen molar-refractivity contribution in [3.63, 3.8) is 0 Å². The third-order valence-electron chi connectivity index (χ3n) is 7.83. The van der Waals surface area contributed by atoms with Crippen molar-refractivity contribution in [1.82, 2.24) is 0 Å². The molecule has 7 heteroatoms. The second kappa shape index (κ2) is 9.96. The number of imide groups is 1. The molecule has 0 saturated carbocycles. The van der Waals surface area contributed by atoms with Gasteiger partial charge < -0.3 is 9.64 Å². The van der Waals surface area contributed by atoms with Gasteiger partial charge in [-0.25, -0.2) is 0 Å². The second-order valence-electron chi connectivity index (χ2n) is 10.2. The molecule has 0 radical (unpaired) electrons. The Kier molecular flexibility index (Phi) is 6.71. The van der Waals surface area contributed by atoms with Gasteiger partial charge in [0.05, 0.1) is 23.4 Å². The molecular formula is C30H32N2O5. The number of carbonyl (C=O) groups excluding carboxylic acids is 4. The first kappa shape index (κ1) is 24.9. The number of fused-ring (bicyclic) bond motifs is 1. The second-order valence-corrected chi connectivity index (χ2v) is 10.2. The summed E-state index contributed by atoms with van der Waals surface area (Å²) in [6.45, 7) is 6.39. The zero-order valence-electron chi connectivity index (χ0n) is 21.5. The molecule has 3 amide bonds. The minimum atomic E-state index is -0.567. The highest BCUT2D eigenvalue weighted by molar-refractivity contribution is 6.22. The van der Waals surface area contributed by atoms with Crippen LogP contribution >= 0.6 is 0 Å². The van der Waals surface area contributed by atoms with Crippen molar-refractivity contribution < 1.29 is 23.9 Å². The zero-order valence-corrected chi connectivity index (χ0v) is 21.5. The van der Waals surface area contributed by atoms with Crippen LogP contribution in [0.4, 0.5) is 11.4 Å². The van der Waals surface area contributed by atoms with E-state index in [4.69, 9.17) is 4.74 Å². The van der Waals surface area contributed by atoms with Crippen molar-refractivity contribution in [1.29, 1.82) is 0 Å². The summed E-state index contributed by atoms with van der Waals surface area (Å²) in [6, 6.07) is 12.5. The Labute approximate surface area is 217 Å². The van der Waals surface area contributed by atoms with Crippen molar-refractivity contribution in [3.05, 3.63) is 65.2 Å². The maximum atomic E-state index is 13.0. The first-order chi connectivity index (χ1) is 17.8. The van der Waals surface area contributed by atoms with Crippen LogP contribution in [-0.2, 0) is 32.0 Å². The number of benzene rings is 2. The summed E-state index contributed by atoms with van der Waals surface area (Å²) in [5, 5.41) is 0. The van der Waals surface area contributed by atoms with E-state index in [1.807, 2.05) is 31.2 Å². The summed E-state index contributed by atoms with van der Waals surface area (Å²) in [5.74, 6) is -1.74. The van der Waals surface area contributed by atoms with Crippen LogP contribution in [0.5, 0.6) is 5.75 Å². The quantitative estimate of drug-likeness (QED) is 0.250. The Morgan fingerprint density at radius 2 is 1.57 bits per heavy atom. The molecular weight excluding hydrogens is 468 g/mol. The summed E-state index contributed by atoms with van der Waals surface area (Å²) in [6.07, 6.45) is 4.94. The maximum Gasteiger partial charge on any atom is 0.316 e. The molecule has 0 bridgehead atoms. The molecule has 0 unspecified atom stereocenters. The molecule has 3 atom stereocenters. The molecule has 2 saturated heterocycles. The monoisotopic (exact) mass is 500 g/mol. The number of allylic oxidation sites excluding steroid dienone is 2. The lowest BCUT2D eigenvalue weighted by molar-refractivity contribution is -0.139. The summed E-state index contributed by atoms with van der Waals surface area (Å²) in [5.41, 5.74) is 4.72. The lowest BCUT2D eigenvalue weighted by Crippen LogP contribution is -2.30. The third kappa shape index (κ3) is 4.47. The predicted molar refractivity (Wildman–Crippen MR) is 140 cm³/mol. The van der Waals surface area contributed by atoms with E-state index < -0.39 is 11.9 Å². The van der Waals surface area contributed by atoms with E-state index in [1.54, 1.807) is 29.2 Å². The Hall–Kier alpha value is -3.74. The Morgan fingerprint density at radius 1 is 0.919 bits per heavy atom. The van der Waals surface area contributed by atoms with Crippen molar-refractivity contribution in [2.75, 3.05) is 16.3 Å². The van der Waals surface area contributed by atoms with Crippen LogP contribution in [-0.4, -0.2) is 30.2 Å². The molecule has 1 aliphatic carbocycles. The lowest BCUT2D eigenvalue weighted by Gasteiger charge is -2.23. The number of aryl methyl sites for hydroxylation is 2. The number of rotatable bonds is 6. The average molecular weight is 501 g/mol. The largest absolute Gasteiger partial charge is 0.426 e. The van der Waals surface area contributed by atoms with Gasteiger partial charge in [0, 0.05) is 18.7 Å². The third-order valence-corrected chi connectivity index (χ3v) is 7.83.